The van der Waals surface area contributed by atoms with Crippen LogP contribution in [-0.4, -0.2) is 65.1 Å². The third-order valence-corrected chi connectivity index (χ3v) is 4.97. The lowest BCUT2D eigenvalue weighted by atomic mass is 10.1. The van der Waals surface area contributed by atoms with E-state index in [0.717, 1.165) is 31.7 Å². The van der Waals surface area contributed by atoms with Crippen LogP contribution in [0.15, 0.2) is 18.3 Å². The Kier molecular flexibility index (Phi) is 5.53. The van der Waals surface area contributed by atoms with Crippen LogP contribution >= 0.6 is 0 Å². The summed E-state index contributed by atoms with van der Waals surface area (Å²) in [5, 5.41) is 13.0. The number of hydrogen-bond donors (Lipinski definition) is 2. The van der Waals surface area contributed by atoms with E-state index < -0.39 is 6.10 Å². The van der Waals surface area contributed by atoms with Crippen LogP contribution in [0.3, 0.4) is 0 Å². The van der Waals surface area contributed by atoms with Crippen LogP contribution in [0, 0.1) is 0 Å². The predicted octanol–water partition coefficient (Wildman–Crippen LogP) is 0.783. The number of rotatable bonds is 3. The van der Waals surface area contributed by atoms with E-state index in [2.05, 4.69) is 15.2 Å². The number of aliphatic hydroxyl groups excluding tert-OH is 1. The Hall–Kier alpha value is -2.15. The summed E-state index contributed by atoms with van der Waals surface area (Å²) in [5.74, 6) is 0.654. The van der Waals surface area contributed by atoms with Gasteiger partial charge in [0.2, 0.25) is 5.91 Å². The third-order valence-electron chi connectivity index (χ3n) is 4.97. The zero-order chi connectivity index (χ0) is 17.8. The summed E-state index contributed by atoms with van der Waals surface area (Å²) in [6, 6.07) is 3.31. The van der Waals surface area contributed by atoms with Crippen molar-refractivity contribution >= 4 is 17.6 Å². The molecule has 0 saturated carbocycles. The molecule has 0 bridgehead atoms. The van der Waals surface area contributed by atoms with Crippen molar-refractivity contribution in [2.45, 2.75) is 44.8 Å². The Balaban J connectivity index is 1.68. The second kappa shape index (κ2) is 7.82. The monoisotopic (exact) mass is 346 g/mol. The van der Waals surface area contributed by atoms with Gasteiger partial charge >= 0.3 is 0 Å². The van der Waals surface area contributed by atoms with Crippen molar-refractivity contribution in [1.82, 2.24) is 15.2 Å². The molecule has 2 aliphatic rings. The lowest BCUT2D eigenvalue weighted by molar-refractivity contribution is -0.120. The van der Waals surface area contributed by atoms with E-state index in [9.17, 15) is 14.7 Å². The van der Waals surface area contributed by atoms with Crippen LogP contribution in [0.4, 0.5) is 5.82 Å². The summed E-state index contributed by atoms with van der Waals surface area (Å²) in [6.45, 7) is 4.41. The van der Waals surface area contributed by atoms with Crippen LogP contribution in [-0.2, 0) is 4.79 Å². The van der Waals surface area contributed by atoms with E-state index in [1.807, 2.05) is 6.07 Å². The van der Waals surface area contributed by atoms with E-state index >= 15 is 0 Å². The number of pyridine rings is 1. The highest BCUT2D eigenvalue weighted by molar-refractivity contribution is 5.95. The van der Waals surface area contributed by atoms with Gasteiger partial charge in [-0.15, -0.1) is 0 Å². The van der Waals surface area contributed by atoms with Crippen molar-refractivity contribution < 1.29 is 14.7 Å². The number of carbonyl (C=O) groups excluding carboxylic acids is 2. The van der Waals surface area contributed by atoms with Gasteiger partial charge in [0.1, 0.15) is 5.82 Å². The van der Waals surface area contributed by atoms with Crippen LogP contribution in [0.5, 0.6) is 0 Å². The van der Waals surface area contributed by atoms with Gasteiger partial charge in [0.05, 0.1) is 12.1 Å². The Morgan fingerprint density at radius 3 is 2.64 bits per heavy atom. The minimum Gasteiger partial charge on any atom is -0.391 e. The molecule has 3 heterocycles. The lowest BCUT2D eigenvalue weighted by Crippen LogP contribution is -2.42. The van der Waals surface area contributed by atoms with E-state index in [4.69, 9.17) is 0 Å². The first-order valence-corrected chi connectivity index (χ1v) is 9.00. The summed E-state index contributed by atoms with van der Waals surface area (Å²) < 4.78 is 0. The minimum atomic E-state index is -0.626. The minimum absolute atomic E-state index is 0.0430. The van der Waals surface area contributed by atoms with Gasteiger partial charge in [-0.1, -0.05) is 0 Å². The Morgan fingerprint density at radius 2 is 1.92 bits per heavy atom. The molecule has 7 nitrogen and oxygen atoms in total. The van der Waals surface area contributed by atoms with Crippen molar-refractivity contribution in [2.75, 3.05) is 31.1 Å². The molecule has 0 radical (unpaired) electrons. The number of likely N-dealkylation sites (tertiary alicyclic amines) is 1. The normalized spacial score (nSPS) is 24.1. The van der Waals surface area contributed by atoms with Gasteiger partial charge < -0.3 is 20.2 Å². The number of aromatic nitrogens is 1. The van der Waals surface area contributed by atoms with Crippen molar-refractivity contribution in [3.63, 3.8) is 0 Å². The number of anilines is 1. The fourth-order valence-corrected chi connectivity index (χ4v) is 3.57. The highest BCUT2D eigenvalue weighted by Gasteiger charge is 2.28. The zero-order valence-corrected chi connectivity index (χ0v) is 14.6. The number of carbonyl (C=O) groups is 2. The molecule has 2 fully saturated rings. The van der Waals surface area contributed by atoms with Gasteiger partial charge in [0.15, 0.2) is 0 Å². The first-order valence-electron chi connectivity index (χ1n) is 9.00. The topological polar surface area (TPSA) is 85.8 Å². The molecule has 25 heavy (non-hydrogen) atoms. The molecular formula is C18H26N4O3. The van der Waals surface area contributed by atoms with E-state index in [0.29, 0.717) is 31.5 Å². The highest BCUT2D eigenvalue weighted by Crippen LogP contribution is 2.20. The number of nitrogens with one attached hydrogen (secondary N) is 1. The Bertz CT molecular complexity index is 631. The highest BCUT2D eigenvalue weighted by atomic mass is 16.3. The molecule has 0 aliphatic carbocycles. The second-order valence-corrected chi connectivity index (χ2v) is 6.84. The quantitative estimate of drug-likeness (QED) is 0.845. The molecule has 2 atom stereocenters. The second-order valence-electron chi connectivity index (χ2n) is 6.84. The largest absolute Gasteiger partial charge is 0.391 e. The van der Waals surface area contributed by atoms with Crippen LogP contribution in [0.1, 0.15) is 43.0 Å². The predicted molar refractivity (Wildman–Crippen MR) is 94.4 cm³/mol. The number of hydrogen-bond acceptors (Lipinski definition) is 5. The molecule has 0 spiro atoms. The maximum Gasteiger partial charge on any atom is 0.254 e. The van der Waals surface area contributed by atoms with Gasteiger partial charge in [0, 0.05) is 44.9 Å². The van der Waals surface area contributed by atoms with Crippen molar-refractivity contribution in [1.29, 1.82) is 0 Å². The summed E-state index contributed by atoms with van der Waals surface area (Å²) in [5.41, 5.74) is 0.629. The van der Waals surface area contributed by atoms with Crippen molar-refractivity contribution in [3.05, 3.63) is 23.9 Å². The van der Waals surface area contributed by atoms with Crippen LogP contribution < -0.4 is 10.2 Å². The molecular weight excluding hydrogens is 320 g/mol. The summed E-state index contributed by atoms with van der Waals surface area (Å²) in [6.07, 6.45) is 4.40. The average molecular weight is 346 g/mol. The maximum absolute atomic E-state index is 12.9. The molecule has 1 aromatic rings. The van der Waals surface area contributed by atoms with Crippen molar-refractivity contribution in [2.24, 2.45) is 0 Å². The van der Waals surface area contributed by atoms with Gasteiger partial charge in [-0.05, 0) is 37.8 Å². The van der Waals surface area contributed by atoms with Crippen molar-refractivity contribution in [3.8, 4) is 0 Å². The SMILES string of the molecule is CC(=O)N[C@H]1CCN(C(=O)c2ccnc(N3CCCC3)c2)CC[C@@H]1O. The molecule has 2 amide bonds. The molecule has 0 unspecified atom stereocenters. The molecule has 2 N–H and O–H groups in total. The van der Waals surface area contributed by atoms with Gasteiger partial charge in [-0.25, -0.2) is 4.98 Å². The standard InChI is InChI=1S/C18H26N4O3/c1-13(23)20-15-5-10-22(11-6-16(15)24)18(25)14-4-7-19-17(12-14)21-8-2-3-9-21/h4,7,12,15-16,24H,2-3,5-6,8-11H2,1H3,(H,20,23)/t15-,16-/m0/s1. The molecule has 1 aromatic heterocycles. The first kappa shape index (κ1) is 17.7. The van der Waals surface area contributed by atoms with Crippen LogP contribution in [0.25, 0.3) is 0 Å². The fourth-order valence-electron chi connectivity index (χ4n) is 3.57. The summed E-state index contributed by atoms with van der Waals surface area (Å²) >= 11 is 0. The van der Waals surface area contributed by atoms with Gasteiger partial charge in [-0.3, -0.25) is 9.59 Å². The molecule has 136 valence electrons. The first-order chi connectivity index (χ1) is 12.0. The van der Waals surface area contributed by atoms with Gasteiger partial charge in [0.25, 0.3) is 5.91 Å². The zero-order valence-electron chi connectivity index (χ0n) is 14.6. The maximum atomic E-state index is 12.9. The smallest absolute Gasteiger partial charge is 0.254 e. The van der Waals surface area contributed by atoms with Crippen LogP contribution in [0.2, 0.25) is 0 Å². The van der Waals surface area contributed by atoms with E-state index in [-0.39, 0.29) is 17.9 Å². The third kappa shape index (κ3) is 4.28. The number of amides is 2. The molecule has 7 heteroatoms. The Morgan fingerprint density at radius 1 is 1.20 bits per heavy atom. The molecule has 0 aromatic carbocycles. The average Bonchev–Trinajstić information content (AvgIpc) is 3.08. The van der Waals surface area contributed by atoms with E-state index in [1.165, 1.54) is 6.92 Å². The summed E-state index contributed by atoms with van der Waals surface area (Å²) in [7, 11) is 0. The lowest BCUT2D eigenvalue weighted by Gasteiger charge is -2.22. The molecule has 2 aliphatic heterocycles. The number of nitrogens with zero attached hydrogens (tertiary/aromatic N) is 3. The molecule has 3 rings (SSSR count). The van der Waals surface area contributed by atoms with Gasteiger partial charge in [-0.2, -0.15) is 0 Å². The Labute approximate surface area is 148 Å². The fraction of sp³-hybridized carbons (Fsp3) is 0.611. The van der Waals surface area contributed by atoms with E-state index in [1.54, 1.807) is 17.2 Å². The molecule has 2 saturated heterocycles. The number of aliphatic hydroxyl groups is 1. The summed E-state index contributed by atoms with van der Waals surface area (Å²) in [4.78, 5) is 32.5.